The van der Waals surface area contributed by atoms with Crippen molar-refractivity contribution in [2.75, 3.05) is 0 Å². The van der Waals surface area contributed by atoms with Crippen molar-refractivity contribution in [1.29, 1.82) is 0 Å². The lowest BCUT2D eigenvalue weighted by molar-refractivity contribution is -0.120. The van der Waals surface area contributed by atoms with Gasteiger partial charge in [-0.2, -0.15) is 0 Å². The molecule has 1 aromatic heterocycles. The van der Waals surface area contributed by atoms with Crippen molar-refractivity contribution in [3.8, 4) is 0 Å². The third-order valence-electron chi connectivity index (χ3n) is 2.69. The number of rotatable bonds is 6. The molecule has 0 amide bonds. The minimum Gasteiger partial charge on any atom is -0.335 e. The number of aromatic nitrogens is 2. The summed E-state index contributed by atoms with van der Waals surface area (Å²) in [7, 11) is 0. The number of carbonyl (C=O) groups is 1. The molecule has 16 heavy (non-hydrogen) atoms. The van der Waals surface area contributed by atoms with Crippen LogP contribution in [0.2, 0.25) is 0 Å². The molecule has 0 aliphatic heterocycles. The summed E-state index contributed by atoms with van der Waals surface area (Å²) in [5.41, 5.74) is 5.81. The van der Waals surface area contributed by atoms with E-state index in [1.807, 2.05) is 24.6 Å². The summed E-state index contributed by atoms with van der Waals surface area (Å²) >= 11 is 0. The van der Waals surface area contributed by atoms with E-state index in [-0.39, 0.29) is 17.7 Å². The Morgan fingerprint density at radius 2 is 2.25 bits per heavy atom. The number of nitrogens with zero attached hydrogens (tertiary/aromatic N) is 2. The van der Waals surface area contributed by atoms with E-state index in [0.717, 1.165) is 18.8 Å². The summed E-state index contributed by atoms with van der Waals surface area (Å²) in [4.78, 5) is 16.0. The summed E-state index contributed by atoms with van der Waals surface area (Å²) in [6.45, 7) is 6.92. The van der Waals surface area contributed by atoms with Gasteiger partial charge in [-0.15, -0.1) is 0 Å². The molecule has 0 aromatic carbocycles. The average molecular weight is 223 g/mol. The Hall–Kier alpha value is -1.16. The van der Waals surface area contributed by atoms with Crippen LogP contribution in [0.15, 0.2) is 12.4 Å². The van der Waals surface area contributed by atoms with E-state index in [4.69, 9.17) is 5.73 Å². The van der Waals surface area contributed by atoms with Crippen LogP contribution in [-0.2, 0) is 17.8 Å². The van der Waals surface area contributed by atoms with Crippen LogP contribution in [0.5, 0.6) is 0 Å². The van der Waals surface area contributed by atoms with E-state index in [9.17, 15) is 4.79 Å². The lowest BCUT2D eigenvalue weighted by atomic mass is 9.99. The van der Waals surface area contributed by atoms with Crippen LogP contribution in [0.1, 0.15) is 33.0 Å². The highest BCUT2D eigenvalue weighted by atomic mass is 16.1. The van der Waals surface area contributed by atoms with Crippen LogP contribution in [0.4, 0.5) is 0 Å². The van der Waals surface area contributed by atoms with Gasteiger partial charge in [-0.25, -0.2) is 4.98 Å². The van der Waals surface area contributed by atoms with Crippen LogP contribution in [-0.4, -0.2) is 21.4 Å². The third kappa shape index (κ3) is 3.17. The molecule has 4 nitrogen and oxygen atoms in total. The predicted octanol–water partition coefficient (Wildman–Crippen LogP) is 1.39. The number of ketones is 1. The first kappa shape index (κ1) is 12.9. The van der Waals surface area contributed by atoms with Crippen LogP contribution in [0.25, 0.3) is 0 Å². The van der Waals surface area contributed by atoms with Crippen molar-refractivity contribution in [3.63, 3.8) is 0 Å². The number of aryl methyl sites for hydroxylation is 1. The van der Waals surface area contributed by atoms with E-state index < -0.39 is 0 Å². The van der Waals surface area contributed by atoms with Crippen molar-refractivity contribution in [2.24, 2.45) is 11.7 Å². The molecule has 2 N–H and O–H groups in total. The van der Waals surface area contributed by atoms with Crippen molar-refractivity contribution in [3.05, 3.63) is 18.2 Å². The predicted molar refractivity (Wildman–Crippen MR) is 64.0 cm³/mol. The maximum Gasteiger partial charge on any atom is 0.157 e. The largest absolute Gasteiger partial charge is 0.335 e. The fourth-order valence-corrected chi connectivity index (χ4v) is 1.60. The summed E-state index contributed by atoms with van der Waals surface area (Å²) in [6, 6.07) is -0.383. The van der Waals surface area contributed by atoms with Crippen molar-refractivity contribution < 1.29 is 4.79 Å². The molecule has 1 aromatic rings. The fourth-order valence-electron chi connectivity index (χ4n) is 1.60. The first-order valence-electron chi connectivity index (χ1n) is 5.84. The van der Waals surface area contributed by atoms with Gasteiger partial charge in [0, 0.05) is 18.9 Å². The highest BCUT2D eigenvalue weighted by Crippen LogP contribution is 2.06. The molecule has 1 atom stereocenters. The monoisotopic (exact) mass is 223 g/mol. The maximum atomic E-state index is 11.8. The number of nitrogens with two attached hydrogens (primary N) is 1. The minimum absolute atomic E-state index is 0.0681. The van der Waals surface area contributed by atoms with Crippen LogP contribution < -0.4 is 5.73 Å². The summed E-state index contributed by atoms with van der Waals surface area (Å²) < 4.78 is 2.02. The highest BCUT2D eigenvalue weighted by Gasteiger charge is 2.19. The molecule has 0 bridgehead atoms. The van der Waals surface area contributed by atoms with Gasteiger partial charge in [0.05, 0.1) is 12.5 Å². The maximum absolute atomic E-state index is 11.8. The van der Waals surface area contributed by atoms with Gasteiger partial charge in [-0.3, -0.25) is 4.79 Å². The second-order valence-electron chi connectivity index (χ2n) is 4.45. The number of hydrogen-bond donors (Lipinski definition) is 1. The SMILES string of the molecule is CCCn1ccnc1CC(=O)C(N)C(C)C. The molecule has 0 radical (unpaired) electrons. The third-order valence-corrected chi connectivity index (χ3v) is 2.69. The molecule has 0 saturated heterocycles. The Kier molecular flexibility index (Phi) is 4.68. The van der Waals surface area contributed by atoms with E-state index >= 15 is 0 Å². The summed E-state index contributed by atoms with van der Waals surface area (Å²) in [5, 5.41) is 0. The minimum atomic E-state index is -0.383. The second-order valence-corrected chi connectivity index (χ2v) is 4.45. The first-order valence-corrected chi connectivity index (χ1v) is 5.84. The van der Waals surface area contributed by atoms with Crippen molar-refractivity contribution >= 4 is 5.78 Å². The Morgan fingerprint density at radius 3 is 2.81 bits per heavy atom. The fraction of sp³-hybridized carbons (Fsp3) is 0.667. The van der Waals surface area contributed by atoms with Gasteiger partial charge in [-0.05, 0) is 12.3 Å². The second kappa shape index (κ2) is 5.80. The average Bonchev–Trinajstić information content (AvgIpc) is 2.65. The topological polar surface area (TPSA) is 60.9 Å². The number of imidazole rings is 1. The molecular weight excluding hydrogens is 202 g/mol. The molecular formula is C12H21N3O. The molecule has 0 spiro atoms. The van der Waals surface area contributed by atoms with Gasteiger partial charge in [0.1, 0.15) is 5.82 Å². The van der Waals surface area contributed by atoms with Crippen LogP contribution >= 0.6 is 0 Å². The van der Waals surface area contributed by atoms with Gasteiger partial charge in [0.2, 0.25) is 0 Å². The van der Waals surface area contributed by atoms with Crippen molar-refractivity contribution in [2.45, 2.75) is 46.2 Å². The normalized spacial score (nSPS) is 13.1. The number of hydrogen-bond acceptors (Lipinski definition) is 3. The summed E-state index contributed by atoms with van der Waals surface area (Å²) in [6.07, 6.45) is 5.02. The molecule has 0 aliphatic carbocycles. The first-order chi connectivity index (χ1) is 7.56. The molecule has 0 aliphatic rings. The van der Waals surface area contributed by atoms with Gasteiger partial charge in [0.25, 0.3) is 0 Å². The van der Waals surface area contributed by atoms with Gasteiger partial charge in [-0.1, -0.05) is 20.8 Å². The lowest BCUT2D eigenvalue weighted by Crippen LogP contribution is -2.37. The summed E-state index contributed by atoms with van der Waals surface area (Å²) in [5.74, 6) is 1.07. The van der Waals surface area contributed by atoms with E-state index in [1.54, 1.807) is 6.20 Å². The Labute approximate surface area is 96.9 Å². The molecule has 90 valence electrons. The Balaban J connectivity index is 2.65. The van der Waals surface area contributed by atoms with Gasteiger partial charge in [0.15, 0.2) is 5.78 Å². The molecule has 4 heteroatoms. The van der Waals surface area contributed by atoms with Gasteiger partial charge >= 0.3 is 0 Å². The smallest absolute Gasteiger partial charge is 0.157 e. The van der Waals surface area contributed by atoms with Gasteiger partial charge < -0.3 is 10.3 Å². The van der Waals surface area contributed by atoms with E-state index in [2.05, 4.69) is 11.9 Å². The lowest BCUT2D eigenvalue weighted by Gasteiger charge is -2.14. The molecule has 1 heterocycles. The quantitative estimate of drug-likeness (QED) is 0.792. The number of Topliss-reactive ketones (excluding diaryl/α,β-unsaturated/α-hetero) is 1. The van der Waals surface area contributed by atoms with Crippen LogP contribution in [0.3, 0.4) is 0 Å². The van der Waals surface area contributed by atoms with E-state index in [0.29, 0.717) is 6.42 Å². The number of carbonyl (C=O) groups excluding carboxylic acids is 1. The molecule has 0 saturated carbocycles. The zero-order valence-electron chi connectivity index (χ0n) is 10.3. The zero-order valence-corrected chi connectivity index (χ0v) is 10.3. The highest BCUT2D eigenvalue weighted by molar-refractivity contribution is 5.85. The molecule has 1 unspecified atom stereocenters. The molecule has 1 rings (SSSR count). The molecule has 0 fully saturated rings. The Bertz CT molecular complexity index is 344. The van der Waals surface area contributed by atoms with E-state index in [1.165, 1.54) is 0 Å². The van der Waals surface area contributed by atoms with Crippen molar-refractivity contribution in [1.82, 2.24) is 9.55 Å². The zero-order chi connectivity index (χ0) is 12.1. The Morgan fingerprint density at radius 1 is 1.56 bits per heavy atom. The standard InChI is InChI=1S/C12H21N3O/c1-4-6-15-7-5-14-11(15)8-10(16)12(13)9(2)3/h5,7,9,12H,4,6,8,13H2,1-3H3. The van der Waals surface area contributed by atoms with Crippen LogP contribution in [0, 0.1) is 5.92 Å².